The van der Waals surface area contributed by atoms with Gasteiger partial charge >= 0.3 is 0 Å². The minimum Gasteiger partial charge on any atom is -0.344 e. The second-order valence-corrected chi connectivity index (χ2v) is 10.9. The number of aryl methyl sites for hydroxylation is 2. The van der Waals surface area contributed by atoms with Crippen molar-refractivity contribution in [3.05, 3.63) is 130 Å². The van der Waals surface area contributed by atoms with Crippen molar-refractivity contribution in [2.24, 2.45) is 0 Å². The minimum atomic E-state index is -4.05. The highest BCUT2D eigenvalue weighted by molar-refractivity contribution is 7.92. The van der Waals surface area contributed by atoms with E-state index in [9.17, 15) is 13.2 Å². The molecule has 1 atom stereocenters. The van der Waals surface area contributed by atoms with Crippen molar-refractivity contribution in [2.75, 3.05) is 10.8 Å². The number of carbonyl (C=O) groups excluding carboxylic acids is 1. The minimum absolute atomic E-state index is 0.0930. The molecular weight excluding hydrogens is 492 g/mol. The number of hydrogen-bond acceptors (Lipinski definition) is 3. The fourth-order valence-corrected chi connectivity index (χ4v) is 5.73. The lowest BCUT2D eigenvalue weighted by Gasteiger charge is -2.27. The van der Waals surface area contributed by atoms with Gasteiger partial charge in [-0.2, -0.15) is 0 Å². The van der Waals surface area contributed by atoms with Gasteiger partial charge in [0.25, 0.3) is 10.0 Å². The molecule has 0 radical (unpaired) electrons. The standard InChI is InChI=1S/C29H27ClN2O3S/c1-21-10-9-13-24(18-21)29(23-11-5-3-6-12-23)31-28(33)20-32(27-19-25(30)17-16-22(27)2)36(34,35)26-14-7-4-8-15-26/h3-19,29H,20H2,1-2H3,(H,31,33). The van der Waals surface area contributed by atoms with Crippen LogP contribution in [0.5, 0.6) is 0 Å². The van der Waals surface area contributed by atoms with Crippen LogP contribution in [0.2, 0.25) is 5.02 Å². The van der Waals surface area contributed by atoms with Crippen molar-refractivity contribution in [1.29, 1.82) is 0 Å². The first kappa shape index (κ1) is 25.5. The quantitative estimate of drug-likeness (QED) is 0.308. The predicted molar refractivity (Wildman–Crippen MR) is 145 cm³/mol. The fourth-order valence-electron chi connectivity index (χ4n) is 4.06. The molecule has 4 aromatic rings. The van der Waals surface area contributed by atoms with Gasteiger partial charge in [-0.25, -0.2) is 8.42 Å². The van der Waals surface area contributed by atoms with Crippen LogP contribution >= 0.6 is 11.6 Å². The first-order valence-corrected chi connectivity index (χ1v) is 13.3. The largest absolute Gasteiger partial charge is 0.344 e. The van der Waals surface area contributed by atoms with E-state index >= 15 is 0 Å². The molecule has 0 bridgehead atoms. The van der Waals surface area contributed by atoms with Crippen LogP contribution in [0.4, 0.5) is 5.69 Å². The van der Waals surface area contributed by atoms with E-state index in [1.54, 1.807) is 43.3 Å². The zero-order chi connectivity index (χ0) is 25.7. The molecular formula is C29H27ClN2O3S. The molecule has 0 spiro atoms. The molecule has 1 unspecified atom stereocenters. The number of anilines is 1. The Labute approximate surface area is 217 Å². The highest BCUT2D eigenvalue weighted by Crippen LogP contribution is 2.30. The molecule has 0 fully saturated rings. The van der Waals surface area contributed by atoms with Gasteiger partial charge in [0.2, 0.25) is 5.91 Å². The van der Waals surface area contributed by atoms with E-state index in [4.69, 9.17) is 11.6 Å². The van der Waals surface area contributed by atoms with E-state index in [0.29, 0.717) is 16.3 Å². The number of carbonyl (C=O) groups is 1. The molecule has 1 amide bonds. The van der Waals surface area contributed by atoms with Gasteiger partial charge in [-0.3, -0.25) is 9.10 Å². The summed E-state index contributed by atoms with van der Waals surface area (Å²) in [7, 11) is -4.05. The molecule has 4 aromatic carbocycles. The van der Waals surface area contributed by atoms with Crippen LogP contribution < -0.4 is 9.62 Å². The highest BCUT2D eigenvalue weighted by atomic mass is 35.5. The normalized spacial score (nSPS) is 12.1. The molecule has 1 N–H and O–H groups in total. The zero-order valence-corrected chi connectivity index (χ0v) is 21.6. The number of amides is 1. The Hall–Kier alpha value is -3.61. The first-order valence-electron chi connectivity index (χ1n) is 11.5. The number of nitrogens with zero attached hydrogens (tertiary/aromatic N) is 1. The predicted octanol–water partition coefficient (Wildman–Crippen LogP) is 6.06. The van der Waals surface area contributed by atoms with E-state index in [-0.39, 0.29) is 4.90 Å². The number of rotatable bonds is 8. The summed E-state index contributed by atoms with van der Waals surface area (Å²) in [6.45, 7) is 3.37. The smallest absolute Gasteiger partial charge is 0.264 e. The van der Waals surface area contributed by atoms with Crippen molar-refractivity contribution >= 4 is 33.2 Å². The SMILES string of the molecule is Cc1cccc(C(NC(=O)CN(c2cc(Cl)ccc2C)S(=O)(=O)c2ccccc2)c2ccccc2)c1. The maximum Gasteiger partial charge on any atom is 0.264 e. The molecule has 4 rings (SSSR count). The van der Waals surface area contributed by atoms with Gasteiger partial charge in [0, 0.05) is 5.02 Å². The molecule has 0 aliphatic rings. The molecule has 5 nitrogen and oxygen atoms in total. The molecule has 0 saturated heterocycles. The lowest BCUT2D eigenvalue weighted by atomic mass is 9.97. The maximum atomic E-state index is 13.7. The highest BCUT2D eigenvalue weighted by Gasteiger charge is 2.29. The summed E-state index contributed by atoms with van der Waals surface area (Å²) < 4.78 is 28.5. The summed E-state index contributed by atoms with van der Waals surface area (Å²) in [6.07, 6.45) is 0. The van der Waals surface area contributed by atoms with Gasteiger partial charge in [-0.05, 0) is 54.8 Å². The zero-order valence-electron chi connectivity index (χ0n) is 20.1. The van der Waals surface area contributed by atoms with Gasteiger partial charge < -0.3 is 5.32 Å². The maximum absolute atomic E-state index is 13.7. The second kappa shape index (κ2) is 11.0. The second-order valence-electron chi connectivity index (χ2n) is 8.58. The summed E-state index contributed by atoms with van der Waals surface area (Å²) in [5, 5.41) is 3.44. The molecule has 36 heavy (non-hydrogen) atoms. The Bertz CT molecular complexity index is 1460. The van der Waals surface area contributed by atoms with Crippen molar-refractivity contribution in [1.82, 2.24) is 5.32 Å². The summed E-state index contributed by atoms with van der Waals surface area (Å²) in [5.41, 5.74) is 3.91. The Morgan fingerprint density at radius 3 is 2.14 bits per heavy atom. The average Bonchev–Trinajstić information content (AvgIpc) is 2.88. The monoisotopic (exact) mass is 518 g/mol. The van der Waals surface area contributed by atoms with Gasteiger partial charge in [-0.1, -0.05) is 96.0 Å². The number of benzene rings is 4. The van der Waals surface area contributed by atoms with E-state index in [0.717, 1.165) is 21.0 Å². The summed E-state index contributed by atoms with van der Waals surface area (Å²) >= 11 is 6.23. The fraction of sp³-hybridized carbons (Fsp3) is 0.138. The Morgan fingerprint density at radius 2 is 1.47 bits per heavy atom. The molecule has 0 saturated carbocycles. The molecule has 0 aliphatic carbocycles. The van der Waals surface area contributed by atoms with Crippen molar-refractivity contribution < 1.29 is 13.2 Å². The lowest BCUT2D eigenvalue weighted by Crippen LogP contribution is -2.42. The molecule has 184 valence electrons. The van der Waals surface area contributed by atoms with E-state index < -0.39 is 28.5 Å². The van der Waals surface area contributed by atoms with Gasteiger partial charge in [0.05, 0.1) is 16.6 Å². The van der Waals surface area contributed by atoms with Crippen LogP contribution in [0.15, 0.2) is 108 Å². The van der Waals surface area contributed by atoms with Gasteiger partial charge in [0.1, 0.15) is 6.54 Å². The number of sulfonamides is 1. The lowest BCUT2D eigenvalue weighted by molar-refractivity contribution is -0.120. The van der Waals surface area contributed by atoms with Crippen LogP contribution in [0.3, 0.4) is 0 Å². The molecule has 0 heterocycles. The van der Waals surface area contributed by atoms with E-state index in [2.05, 4.69) is 5.32 Å². The summed E-state index contributed by atoms with van der Waals surface area (Å²) in [6, 6.07) is 30.1. The Balaban J connectivity index is 1.72. The number of nitrogens with one attached hydrogen (secondary N) is 1. The third-order valence-electron chi connectivity index (χ3n) is 5.87. The van der Waals surface area contributed by atoms with Crippen molar-refractivity contribution in [3.8, 4) is 0 Å². The topological polar surface area (TPSA) is 66.5 Å². The Kier molecular flexibility index (Phi) is 7.77. The summed E-state index contributed by atoms with van der Waals surface area (Å²) in [5.74, 6) is -0.441. The van der Waals surface area contributed by atoms with E-state index in [1.807, 2.05) is 61.5 Å². The van der Waals surface area contributed by atoms with Gasteiger partial charge in [0.15, 0.2) is 0 Å². The van der Waals surface area contributed by atoms with Crippen LogP contribution in [-0.4, -0.2) is 20.9 Å². The van der Waals surface area contributed by atoms with Crippen LogP contribution in [0.1, 0.15) is 28.3 Å². The molecule has 0 aromatic heterocycles. The van der Waals surface area contributed by atoms with Crippen LogP contribution in [0.25, 0.3) is 0 Å². The van der Waals surface area contributed by atoms with Crippen molar-refractivity contribution in [2.45, 2.75) is 24.8 Å². The average molecular weight is 519 g/mol. The molecule has 0 aliphatic heterocycles. The first-order chi connectivity index (χ1) is 17.3. The third-order valence-corrected chi connectivity index (χ3v) is 7.88. The van der Waals surface area contributed by atoms with E-state index in [1.165, 1.54) is 12.1 Å². The van der Waals surface area contributed by atoms with Crippen LogP contribution in [0, 0.1) is 13.8 Å². The number of halogens is 1. The van der Waals surface area contributed by atoms with Crippen LogP contribution in [-0.2, 0) is 14.8 Å². The van der Waals surface area contributed by atoms with Gasteiger partial charge in [-0.15, -0.1) is 0 Å². The van der Waals surface area contributed by atoms with Crippen molar-refractivity contribution in [3.63, 3.8) is 0 Å². The third kappa shape index (κ3) is 5.78. The Morgan fingerprint density at radius 1 is 0.833 bits per heavy atom. The number of hydrogen-bond donors (Lipinski definition) is 1. The molecule has 7 heteroatoms. The summed E-state index contributed by atoms with van der Waals surface area (Å²) in [4.78, 5) is 13.6.